The molecule has 0 atom stereocenters. The van der Waals surface area contributed by atoms with Crippen LogP contribution in [-0.4, -0.2) is 16.5 Å². The van der Waals surface area contributed by atoms with Crippen molar-refractivity contribution >= 4 is 0 Å². The van der Waals surface area contributed by atoms with Gasteiger partial charge in [-0.3, -0.25) is 0 Å². The minimum atomic E-state index is 0.662. The highest BCUT2D eigenvalue weighted by Crippen LogP contribution is 2.56. The summed E-state index contributed by atoms with van der Waals surface area (Å²) in [4.78, 5) is 8.06. The zero-order valence-electron chi connectivity index (χ0n) is 9.65. The second kappa shape index (κ2) is 4.13. The summed E-state index contributed by atoms with van der Waals surface area (Å²) in [6, 6.07) is 0. The van der Waals surface area contributed by atoms with Crippen molar-refractivity contribution < 1.29 is 0 Å². The van der Waals surface area contributed by atoms with E-state index in [0.29, 0.717) is 5.41 Å². The summed E-state index contributed by atoms with van der Waals surface area (Å²) in [5.41, 5.74) is 1.85. The van der Waals surface area contributed by atoms with Crippen LogP contribution in [0.5, 0.6) is 0 Å². The molecular weight excluding hydrogens is 198 g/mol. The van der Waals surface area contributed by atoms with Crippen molar-refractivity contribution in [2.75, 3.05) is 6.54 Å². The van der Waals surface area contributed by atoms with Gasteiger partial charge in [-0.2, -0.15) is 0 Å². The maximum Gasteiger partial charge on any atom is 0.115 e. The quantitative estimate of drug-likeness (QED) is 0.821. The van der Waals surface area contributed by atoms with Gasteiger partial charge in [-0.15, -0.1) is 0 Å². The van der Waals surface area contributed by atoms with Crippen LogP contribution in [0.25, 0.3) is 0 Å². The Kier molecular flexibility index (Phi) is 2.64. The molecule has 16 heavy (non-hydrogen) atoms. The van der Waals surface area contributed by atoms with Gasteiger partial charge in [0.15, 0.2) is 0 Å². The lowest BCUT2D eigenvalue weighted by Crippen LogP contribution is -2.41. The SMILES string of the molecule is c1ncc(CNCC2(C3CC3)CCC2)cn1. The molecule has 3 rings (SSSR count). The first-order valence-corrected chi connectivity index (χ1v) is 6.34. The van der Waals surface area contributed by atoms with Gasteiger partial charge in [-0.05, 0) is 37.0 Å². The molecule has 0 unspecified atom stereocenters. The summed E-state index contributed by atoms with van der Waals surface area (Å²) >= 11 is 0. The van der Waals surface area contributed by atoms with Crippen molar-refractivity contribution in [2.45, 2.75) is 38.6 Å². The van der Waals surface area contributed by atoms with Gasteiger partial charge in [0.05, 0.1) is 0 Å². The Morgan fingerprint density at radius 1 is 1.25 bits per heavy atom. The highest BCUT2D eigenvalue weighted by atomic mass is 14.9. The lowest BCUT2D eigenvalue weighted by Gasteiger charge is -2.43. The van der Waals surface area contributed by atoms with Crippen LogP contribution >= 0.6 is 0 Å². The molecule has 0 bridgehead atoms. The zero-order chi connectivity index (χ0) is 10.8. The van der Waals surface area contributed by atoms with E-state index in [9.17, 15) is 0 Å². The van der Waals surface area contributed by atoms with Crippen molar-refractivity contribution in [2.24, 2.45) is 11.3 Å². The molecule has 0 aliphatic heterocycles. The average Bonchev–Trinajstić information content (AvgIpc) is 3.08. The monoisotopic (exact) mass is 217 g/mol. The summed E-state index contributed by atoms with van der Waals surface area (Å²) < 4.78 is 0. The van der Waals surface area contributed by atoms with Crippen LogP contribution in [0.3, 0.4) is 0 Å². The van der Waals surface area contributed by atoms with Gasteiger partial charge in [-0.1, -0.05) is 6.42 Å². The molecule has 0 saturated heterocycles. The number of hydrogen-bond donors (Lipinski definition) is 1. The molecular formula is C13H19N3. The molecule has 2 aliphatic rings. The van der Waals surface area contributed by atoms with E-state index < -0.39 is 0 Å². The van der Waals surface area contributed by atoms with Crippen LogP contribution in [0.1, 0.15) is 37.7 Å². The molecule has 0 amide bonds. The summed E-state index contributed by atoms with van der Waals surface area (Å²) in [6.07, 6.45) is 12.6. The molecule has 2 fully saturated rings. The van der Waals surface area contributed by atoms with Crippen LogP contribution in [0.15, 0.2) is 18.7 Å². The Hall–Kier alpha value is -0.960. The molecule has 3 nitrogen and oxygen atoms in total. The number of rotatable bonds is 5. The lowest BCUT2D eigenvalue weighted by atomic mass is 9.65. The third-order valence-corrected chi connectivity index (χ3v) is 4.21. The van der Waals surface area contributed by atoms with Crippen LogP contribution < -0.4 is 5.32 Å². The second-order valence-electron chi connectivity index (χ2n) is 5.34. The van der Waals surface area contributed by atoms with E-state index in [-0.39, 0.29) is 0 Å². The molecule has 0 aromatic carbocycles. The minimum Gasteiger partial charge on any atom is -0.312 e. The molecule has 0 spiro atoms. The Balaban J connectivity index is 1.49. The van der Waals surface area contributed by atoms with Gasteiger partial charge in [-0.25, -0.2) is 9.97 Å². The van der Waals surface area contributed by atoms with E-state index in [1.165, 1.54) is 44.2 Å². The lowest BCUT2D eigenvalue weighted by molar-refractivity contribution is 0.0986. The fourth-order valence-electron chi connectivity index (χ4n) is 2.93. The molecule has 2 aliphatic carbocycles. The number of hydrogen-bond acceptors (Lipinski definition) is 3. The molecule has 0 radical (unpaired) electrons. The highest BCUT2D eigenvalue weighted by Gasteiger charge is 2.48. The van der Waals surface area contributed by atoms with E-state index in [4.69, 9.17) is 0 Å². The van der Waals surface area contributed by atoms with Crippen molar-refractivity contribution in [1.82, 2.24) is 15.3 Å². The van der Waals surface area contributed by atoms with Gasteiger partial charge in [0.2, 0.25) is 0 Å². The van der Waals surface area contributed by atoms with E-state index in [2.05, 4.69) is 15.3 Å². The third-order valence-electron chi connectivity index (χ3n) is 4.21. The summed E-state index contributed by atoms with van der Waals surface area (Å²) in [5, 5.41) is 3.59. The zero-order valence-corrected chi connectivity index (χ0v) is 9.65. The third kappa shape index (κ3) is 1.96. The first kappa shape index (κ1) is 10.2. The summed E-state index contributed by atoms with van der Waals surface area (Å²) in [7, 11) is 0. The van der Waals surface area contributed by atoms with Crippen LogP contribution in [0.2, 0.25) is 0 Å². The Morgan fingerprint density at radius 3 is 2.56 bits per heavy atom. The fraction of sp³-hybridized carbons (Fsp3) is 0.692. The molecule has 1 heterocycles. The van der Waals surface area contributed by atoms with E-state index in [1.54, 1.807) is 6.33 Å². The summed E-state index contributed by atoms with van der Waals surface area (Å²) in [6.45, 7) is 2.10. The Labute approximate surface area is 96.7 Å². The second-order valence-corrected chi connectivity index (χ2v) is 5.34. The predicted octanol–water partition coefficient (Wildman–Crippen LogP) is 2.15. The van der Waals surface area contributed by atoms with Gasteiger partial charge in [0.1, 0.15) is 6.33 Å². The molecule has 1 N–H and O–H groups in total. The smallest absolute Gasteiger partial charge is 0.115 e. The standard InChI is InChI=1S/C13H19N3/c1-4-13(5-1,12-2-3-12)9-14-6-11-7-15-10-16-8-11/h7-8,10,12,14H,1-6,9H2. The van der Waals surface area contributed by atoms with Crippen LogP contribution in [-0.2, 0) is 6.54 Å². The first-order valence-electron chi connectivity index (χ1n) is 6.34. The van der Waals surface area contributed by atoms with Crippen molar-refractivity contribution in [3.8, 4) is 0 Å². The normalized spacial score (nSPS) is 22.8. The van der Waals surface area contributed by atoms with Crippen molar-refractivity contribution in [3.05, 3.63) is 24.3 Å². The van der Waals surface area contributed by atoms with Crippen molar-refractivity contribution in [1.29, 1.82) is 0 Å². The number of nitrogens with zero attached hydrogens (tertiary/aromatic N) is 2. The van der Waals surface area contributed by atoms with E-state index in [1.807, 2.05) is 12.4 Å². The van der Waals surface area contributed by atoms with Crippen molar-refractivity contribution in [3.63, 3.8) is 0 Å². The van der Waals surface area contributed by atoms with Gasteiger partial charge in [0.25, 0.3) is 0 Å². The molecule has 86 valence electrons. The molecule has 1 aromatic rings. The van der Waals surface area contributed by atoms with E-state index >= 15 is 0 Å². The maximum atomic E-state index is 4.03. The largest absolute Gasteiger partial charge is 0.312 e. The summed E-state index contributed by atoms with van der Waals surface area (Å²) in [5.74, 6) is 1.03. The molecule has 1 aromatic heterocycles. The first-order chi connectivity index (χ1) is 7.89. The topological polar surface area (TPSA) is 37.8 Å². The Bertz CT molecular complexity index is 341. The molecule has 2 saturated carbocycles. The number of nitrogens with one attached hydrogen (secondary N) is 1. The van der Waals surface area contributed by atoms with Gasteiger partial charge in [0, 0.05) is 31.0 Å². The fourth-order valence-corrected chi connectivity index (χ4v) is 2.93. The average molecular weight is 217 g/mol. The molecule has 3 heteroatoms. The maximum absolute atomic E-state index is 4.03. The minimum absolute atomic E-state index is 0.662. The number of aromatic nitrogens is 2. The Morgan fingerprint density at radius 2 is 2.00 bits per heavy atom. The van der Waals surface area contributed by atoms with E-state index in [0.717, 1.165) is 12.5 Å². The van der Waals surface area contributed by atoms with Crippen LogP contribution in [0, 0.1) is 11.3 Å². The van der Waals surface area contributed by atoms with Gasteiger partial charge < -0.3 is 5.32 Å². The van der Waals surface area contributed by atoms with Crippen LogP contribution in [0.4, 0.5) is 0 Å². The van der Waals surface area contributed by atoms with Gasteiger partial charge >= 0.3 is 0 Å². The highest BCUT2D eigenvalue weighted by molar-refractivity contribution is 5.04. The predicted molar refractivity (Wildman–Crippen MR) is 62.7 cm³/mol.